The third-order valence-corrected chi connectivity index (χ3v) is 5.06. The number of fused-ring (bicyclic) bond motifs is 1. The Hall–Kier alpha value is -3.00. The van der Waals surface area contributed by atoms with Gasteiger partial charge in [0.1, 0.15) is 0 Å². The molecule has 0 aliphatic heterocycles. The number of benzene rings is 1. The minimum absolute atomic E-state index is 0.139. The zero-order chi connectivity index (χ0) is 18.8. The molecule has 8 heteroatoms. The molecule has 0 atom stereocenters. The van der Waals surface area contributed by atoms with Gasteiger partial charge in [-0.05, 0) is 31.0 Å². The van der Waals surface area contributed by atoms with Crippen LogP contribution in [0.3, 0.4) is 0 Å². The molecule has 1 aromatic carbocycles. The molecule has 1 N–H and O–H groups in total. The molecule has 0 bridgehead atoms. The number of nitrogens with one attached hydrogen (secondary N) is 1. The van der Waals surface area contributed by atoms with E-state index in [-0.39, 0.29) is 5.56 Å². The fraction of sp³-hybridized carbons (Fsp3) is 0.263. The van der Waals surface area contributed by atoms with Gasteiger partial charge < -0.3 is 5.32 Å². The van der Waals surface area contributed by atoms with Gasteiger partial charge >= 0.3 is 0 Å². The number of aromatic nitrogens is 5. The number of rotatable bonds is 6. The van der Waals surface area contributed by atoms with E-state index in [4.69, 9.17) is 0 Å². The molecule has 3 heterocycles. The first-order valence-corrected chi connectivity index (χ1v) is 9.70. The molecule has 0 radical (unpaired) electrons. The summed E-state index contributed by atoms with van der Waals surface area (Å²) in [5.41, 5.74) is 3.75. The molecule has 4 aromatic rings. The predicted octanol–water partition coefficient (Wildman–Crippen LogP) is 3.21. The van der Waals surface area contributed by atoms with Crippen molar-refractivity contribution in [3.8, 4) is 5.69 Å². The van der Waals surface area contributed by atoms with Gasteiger partial charge in [-0.3, -0.25) is 4.79 Å². The maximum absolute atomic E-state index is 12.2. The second-order valence-electron chi connectivity index (χ2n) is 6.32. The second kappa shape index (κ2) is 7.32. The zero-order valence-electron chi connectivity index (χ0n) is 15.2. The predicted molar refractivity (Wildman–Crippen MR) is 107 cm³/mol. The van der Waals surface area contributed by atoms with E-state index in [1.165, 1.54) is 15.9 Å². The van der Waals surface area contributed by atoms with Crippen LogP contribution in [0.2, 0.25) is 0 Å². The van der Waals surface area contributed by atoms with E-state index in [1.54, 1.807) is 6.07 Å². The van der Waals surface area contributed by atoms with Crippen molar-refractivity contribution in [3.63, 3.8) is 0 Å². The molecule has 0 fully saturated rings. The third kappa shape index (κ3) is 3.61. The van der Waals surface area contributed by atoms with Crippen LogP contribution >= 0.6 is 11.3 Å². The summed E-state index contributed by atoms with van der Waals surface area (Å²) in [7, 11) is 0. The van der Waals surface area contributed by atoms with Gasteiger partial charge in [0.05, 0.1) is 11.4 Å². The van der Waals surface area contributed by atoms with E-state index >= 15 is 0 Å². The van der Waals surface area contributed by atoms with Crippen molar-refractivity contribution < 1.29 is 0 Å². The molecule has 0 unspecified atom stereocenters. The number of para-hydroxylation sites is 1. The van der Waals surface area contributed by atoms with Crippen LogP contribution in [0.15, 0.2) is 47.4 Å². The Balaban J connectivity index is 1.59. The van der Waals surface area contributed by atoms with Crippen molar-refractivity contribution >= 4 is 21.4 Å². The van der Waals surface area contributed by atoms with Crippen LogP contribution in [-0.2, 0) is 13.0 Å². The van der Waals surface area contributed by atoms with E-state index in [2.05, 4.69) is 33.5 Å². The van der Waals surface area contributed by atoms with Crippen molar-refractivity contribution in [2.24, 2.45) is 0 Å². The van der Waals surface area contributed by atoms with Crippen molar-refractivity contribution in [1.29, 1.82) is 0 Å². The van der Waals surface area contributed by atoms with Gasteiger partial charge in [-0.1, -0.05) is 42.9 Å². The van der Waals surface area contributed by atoms with Gasteiger partial charge in [0.15, 0.2) is 0 Å². The van der Waals surface area contributed by atoms with Crippen LogP contribution in [0, 0.1) is 6.92 Å². The van der Waals surface area contributed by atoms with E-state index < -0.39 is 0 Å². The summed E-state index contributed by atoms with van der Waals surface area (Å²) in [5.74, 6) is 0. The van der Waals surface area contributed by atoms with Gasteiger partial charge in [0.25, 0.3) is 5.56 Å². The average molecular weight is 380 g/mol. The smallest absolute Gasteiger partial charge is 0.275 e. The lowest BCUT2D eigenvalue weighted by molar-refractivity contribution is 0.836. The monoisotopic (exact) mass is 380 g/mol. The Morgan fingerprint density at radius 3 is 2.81 bits per heavy atom. The Bertz CT molecular complexity index is 1140. The molecule has 0 saturated carbocycles. The number of anilines is 1. The number of aryl methyl sites for hydroxylation is 2. The number of hydrogen-bond acceptors (Lipinski definition) is 6. The summed E-state index contributed by atoms with van der Waals surface area (Å²) in [6.45, 7) is 4.61. The van der Waals surface area contributed by atoms with E-state index in [9.17, 15) is 4.79 Å². The highest BCUT2D eigenvalue weighted by Crippen LogP contribution is 2.20. The molecule has 0 aliphatic carbocycles. The maximum atomic E-state index is 12.2. The van der Waals surface area contributed by atoms with Gasteiger partial charge in [-0.15, -0.1) is 5.10 Å². The highest BCUT2D eigenvalue weighted by atomic mass is 32.1. The normalized spacial score (nSPS) is 11.2. The second-order valence-corrected chi connectivity index (χ2v) is 7.28. The van der Waals surface area contributed by atoms with Crippen LogP contribution in [0.5, 0.6) is 0 Å². The summed E-state index contributed by atoms with van der Waals surface area (Å²) < 4.78 is 3.22. The Morgan fingerprint density at radius 2 is 2.04 bits per heavy atom. The average Bonchev–Trinajstić information content (AvgIpc) is 3.27. The molecule has 0 spiro atoms. The highest BCUT2D eigenvalue weighted by Gasteiger charge is 2.10. The maximum Gasteiger partial charge on any atom is 0.275 e. The lowest BCUT2D eigenvalue weighted by Gasteiger charge is -2.09. The zero-order valence-corrected chi connectivity index (χ0v) is 16.0. The van der Waals surface area contributed by atoms with Crippen LogP contribution in [0.4, 0.5) is 5.13 Å². The van der Waals surface area contributed by atoms with Crippen LogP contribution in [0.1, 0.15) is 30.3 Å². The molecule has 4 rings (SSSR count). The van der Waals surface area contributed by atoms with Crippen molar-refractivity contribution in [2.45, 2.75) is 33.2 Å². The van der Waals surface area contributed by atoms with Gasteiger partial charge in [-0.25, -0.2) is 9.67 Å². The lowest BCUT2D eigenvalue weighted by Crippen LogP contribution is -2.15. The van der Waals surface area contributed by atoms with Crippen molar-refractivity contribution in [1.82, 2.24) is 24.4 Å². The van der Waals surface area contributed by atoms with Gasteiger partial charge in [0, 0.05) is 24.5 Å². The number of nitrogens with zero attached hydrogens (tertiary/aromatic N) is 5. The first-order valence-electron chi connectivity index (χ1n) is 8.88. The molecular weight excluding hydrogens is 360 g/mol. The van der Waals surface area contributed by atoms with Crippen LogP contribution in [0.25, 0.3) is 10.6 Å². The molecule has 0 aliphatic rings. The molecule has 3 aromatic heterocycles. The summed E-state index contributed by atoms with van der Waals surface area (Å²) in [6.07, 6.45) is 3.70. The summed E-state index contributed by atoms with van der Waals surface area (Å²) in [4.78, 5) is 17.4. The quantitative estimate of drug-likeness (QED) is 0.556. The van der Waals surface area contributed by atoms with E-state index in [0.717, 1.165) is 35.5 Å². The highest BCUT2D eigenvalue weighted by molar-refractivity contribution is 7.20. The van der Waals surface area contributed by atoms with Crippen LogP contribution < -0.4 is 10.9 Å². The molecular formula is C19H20N6OS. The topological polar surface area (TPSA) is 77.1 Å². The molecule has 27 heavy (non-hydrogen) atoms. The minimum atomic E-state index is -0.139. The van der Waals surface area contributed by atoms with E-state index in [1.807, 2.05) is 42.1 Å². The van der Waals surface area contributed by atoms with Crippen molar-refractivity contribution in [2.75, 3.05) is 5.32 Å². The van der Waals surface area contributed by atoms with Gasteiger partial charge in [-0.2, -0.15) is 9.61 Å². The first-order chi connectivity index (χ1) is 13.1. The summed E-state index contributed by atoms with van der Waals surface area (Å²) >= 11 is 1.38. The third-order valence-electron chi connectivity index (χ3n) is 4.20. The molecule has 138 valence electrons. The summed E-state index contributed by atoms with van der Waals surface area (Å²) in [6, 6.07) is 11.6. The SMILES string of the molecule is CCCc1cc(=O)n2nc(NCc3ccccc3-n3ccc(C)n3)sc2n1. The fourth-order valence-electron chi connectivity index (χ4n) is 2.92. The number of hydrogen-bond donors (Lipinski definition) is 1. The minimum Gasteiger partial charge on any atom is -0.356 e. The molecule has 7 nitrogen and oxygen atoms in total. The van der Waals surface area contributed by atoms with Crippen molar-refractivity contribution in [3.05, 3.63) is 69.9 Å². The Labute approximate surface area is 160 Å². The first kappa shape index (κ1) is 17.4. The molecule has 0 amide bonds. The Kier molecular flexibility index (Phi) is 4.72. The standard InChI is InChI=1S/C19H20N6OS/c1-3-6-15-11-17(26)25-19(21-15)27-18(23-25)20-12-14-7-4-5-8-16(14)24-10-9-13(2)22-24/h4-5,7-11H,3,6,12H2,1-2H3,(H,20,23). The summed E-state index contributed by atoms with van der Waals surface area (Å²) in [5, 5.41) is 12.8. The largest absolute Gasteiger partial charge is 0.356 e. The van der Waals surface area contributed by atoms with Gasteiger partial charge in [0.2, 0.25) is 10.1 Å². The van der Waals surface area contributed by atoms with E-state index in [0.29, 0.717) is 16.6 Å². The molecule has 0 saturated heterocycles. The Morgan fingerprint density at radius 1 is 1.19 bits per heavy atom. The fourth-order valence-corrected chi connectivity index (χ4v) is 3.74. The van der Waals surface area contributed by atoms with Crippen LogP contribution in [-0.4, -0.2) is 24.4 Å². The lowest BCUT2D eigenvalue weighted by atomic mass is 10.2.